The average molecular weight is 306 g/mol. The lowest BCUT2D eigenvalue weighted by Crippen LogP contribution is -2.31. The van der Waals surface area contributed by atoms with Crippen molar-refractivity contribution in [2.24, 2.45) is 0 Å². The van der Waals surface area contributed by atoms with E-state index in [1.54, 1.807) is 6.26 Å². The van der Waals surface area contributed by atoms with Crippen LogP contribution in [-0.2, 0) is 11.2 Å². The summed E-state index contributed by atoms with van der Waals surface area (Å²) in [6, 6.07) is 11.1. The lowest BCUT2D eigenvalue weighted by Gasteiger charge is -2.16. The van der Waals surface area contributed by atoms with E-state index in [4.69, 9.17) is 16.0 Å². The van der Waals surface area contributed by atoms with Crippen molar-refractivity contribution in [3.63, 3.8) is 0 Å². The summed E-state index contributed by atoms with van der Waals surface area (Å²) in [5.41, 5.74) is 0.949. The zero-order valence-electron chi connectivity index (χ0n) is 12.1. The normalized spacial score (nSPS) is 12.1. The lowest BCUT2D eigenvalue weighted by molar-refractivity contribution is -0.122. The summed E-state index contributed by atoms with van der Waals surface area (Å²) in [4.78, 5) is 12.4. The number of nitrogens with one attached hydrogen (secondary N) is 1. The zero-order valence-corrected chi connectivity index (χ0v) is 12.9. The van der Waals surface area contributed by atoms with Crippen LogP contribution in [0.5, 0.6) is 0 Å². The van der Waals surface area contributed by atoms with E-state index in [0.29, 0.717) is 18.0 Å². The van der Waals surface area contributed by atoms with Crippen molar-refractivity contribution in [2.75, 3.05) is 6.54 Å². The van der Waals surface area contributed by atoms with Gasteiger partial charge in [-0.15, -0.1) is 0 Å². The highest BCUT2D eigenvalue weighted by Crippen LogP contribution is 2.23. The molecule has 0 aliphatic carbocycles. The van der Waals surface area contributed by atoms with Crippen molar-refractivity contribution in [1.29, 1.82) is 0 Å². The molecule has 2 rings (SSSR count). The topological polar surface area (TPSA) is 42.2 Å². The van der Waals surface area contributed by atoms with Gasteiger partial charge in [0.2, 0.25) is 5.91 Å². The van der Waals surface area contributed by atoms with Crippen LogP contribution in [0.1, 0.15) is 37.0 Å². The van der Waals surface area contributed by atoms with Crippen LogP contribution in [0.25, 0.3) is 0 Å². The van der Waals surface area contributed by atoms with Gasteiger partial charge < -0.3 is 9.73 Å². The Morgan fingerprint density at radius 3 is 2.67 bits per heavy atom. The first-order chi connectivity index (χ1) is 10.2. The maximum absolute atomic E-state index is 12.4. The Balaban J connectivity index is 2.13. The quantitative estimate of drug-likeness (QED) is 0.780. The Bertz CT molecular complexity index is 549. The number of hydrogen-bond donors (Lipinski definition) is 1. The SMILES string of the molecule is CCCCNC(=O)C(Cc1ccco1)c1ccc(Cl)cc1. The fraction of sp³-hybridized carbons (Fsp3) is 0.353. The zero-order chi connectivity index (χ0) is 15.1. The molecule has 2 aromatic rings. The minimum absolute atomic E-state index is 0.0298. The minimum atomic E-state index is -0.259. The molecule has 1 heterocycles. The molecule has 1 unspecified atom stereocenters. The molecule has 1 N–H and O–H groups in total. The molecule has 0 bridgehead atoms. The summed E-state index contributed by atoms with van der Waals surface area (Å²) in [6.07, 6.45) is 4.22. The summed E-state index contributed by atoms with van der Waals surface area (Å²) in [6.45, 7) is 2.81. The van der Waals surface area contributed by atoms with Gasteiger partial charge in [-0.25, -0.2) is 0 Å². The first-order valence-corrected chi connectivity index (χ1v) is 7.64. The van der Waals surface area contributed by atoms with Crippen LogP contribution in [0.4, 0.5) is 0 Å². The second-order valence-electron chi connectivity index (χ2n) is 5.03. The number of rotatable bonds is 7. The molecule has 1 aromatic carbocycles. The maximum atomic E-state index is 12.4. The van der Waals surface area contributed by atoms with Crippen LogP contribution in [0.2, 0.25) is 5.02 Å². The molecule has 0 saturated carbocycles. The molecule has 1 aromatic heterocycles. The Morgan fingerprint density at radius 2 is 2.05 bits per heavy atom. The van der Waals surface area contributed by atoms with Gasteiger partial charge in [-0.2, -0.15) is 0 Å². The fourth-order valence-electron chi connectivity index (χ4n) is 2.20. The number of hydrogen-bond acceptors (Lipinski definition) is 2. The van der Waals surface area contributed by atoms with Crippen molar-refractivity contribution < 1.29 is 9.21 Å². The standard InChI is InChI=1S/C17H20ClNO2/c1-2-3-10-19-17(20)16(12-15-5-4-11-21-15)13-6-8-14(18)9-7-13/h4-9,11,16H,2-3,10,12H2,1H3,(H,19,20). The van der Waals surface area contributed by atoms with E-state index in [2.05, 4.69) is 12.2 Å². The fourth-order valence-corrected chi connectivity index (χ4v) is 2.32. The molecule has 4 heteroatoms. The van der Waals surface area contributed by atoms with E-state index in [-0.39, 0.29) is 11.8 Å². The van der Waals surface area contributed by atoms with Crippen LogP contribution in [0.3, 0.4) is 0 Å². The molecular weight excluding hydrogens is 286 g/mol. The number of benzene rings is 1. The van der Waals surface area contributed by atoms with Gasteiger partial charge >= 0.3 is 0 Å². The van der Waals surface area contributed by atoms with Crippen LogP contribution in [0, 0.1) is 0 Å². The van der Waals surface area contributed by atoms with E-state index in [9.17, 15) is 4.79 Å². The van der Waals surface area contributed by atoms with Gasteiger partial charge in [0.05, 0.1) is 12.2 Å². The van der Waals surface area contributed by atoms with E-state index < -0.39 is 0 Å². The molecular formula is C17H20ClNO2. The Morgan fingerprint density at radius 1 is 1.29 bits per heavy atom. The van der Waals surface area contributed by atoms with Crippen molar-refractivity contribution in [1.82, 2.24) is 5.32 Å². The van der Waals surface area contributed by atoms with Crippen LogP contribution < -0.4 is 5.32 Å². The number of unbranched alkanes of at least 4 members (excludes halogenated alkanes) is 1. The average Bonchev–Trinajstić information content (AvgIpc) is 2.99. The van der Waals surface area contributed by atoms with Gasteiger partial charge in [-0.05, 0) is 36.2 Å². The highest BCUT2D eigenvalue weighted by Gasteiger charge is 2.22. The number of furan rings is 1. The second kappa shape index (κ2) is 7.89. The Kier molecular flexibility index (Phi) is 5.88. The van der Waals surface area contributed by atoms with Crippen LogP contribution in [-0.4, -0.2) is 12.5 Å². The number of carbonyl (C=O) groups is 1. The predicted molar refractivity (Wildman–Crippen MR) is 84.5 cm³/mol. The third kappa shape index (κ3) is 4.64. The van der Waals surface area contributed by atoms with Gasteiger partial charge in [0.25, 0.3) is 0 Å². The van der Waals surface area contributed by atoms with Crippen molar-refractivity contribution in [3.05, 3.63) is 59.0 Å². The molecule has 112 valence electrons. The van der Waals surface area contributed by atoms with E-state index in [0.717, 1.165) is 24.2 Å². The van der Waals surface area contributed by atoms with Gasteiger partial charge in [0.1, 0.15) is 5.76 Å². The van der Waals surface area contributed by atoms with E-state index in [1.165, 1.54) is 0 Å². The lowest BCUT2D eigenvalue weighted by atomic mass is 9.93. The Labute approximate surface area is 130 Å². The van der Waals surface area contributed by atoms with E-state index in [1.807, 2.05) is 36.4 Å². The molecule has 0 aliphatic heterocycles. The summed E-state index contributed by atoms with van der Waals surface area (Å²) in [7, 11) is 0. The molecule has 0 fully saturated rings. The van der Waals surface area contributed by atoms with Gasteiger partial charge in [-0.3, -0.25) is 4.79 Å². The second-order valence-corrected chi connectivity index (χ2v) is 5.47. The first-order valence-electron chi connectivity index (χ1n) is 7.26. The van der Waals surface area contributed by atoms with Crippen molar-refractivity contribution in [3.8, 4) is 0 Å². The van der Waals surface area contributed by atoms with E-state index >= 15 is 0 Å². The summed E-state index contributed by atoms with van der Waals surface area (Å²) in [5.74, 6) is 0.577. The first kappa shape index (κ1) is 15.6. The largest absolute Gasteiger partial charge is 0.469 e. The molecule has 0 saturated heterocycles. The Hall–Kier alpha value is -1.74. The highest BCUT2D eigenvalue weighted by molar-refractivity contribution is 6.30. The predicted octanol–water partition coefficient (Wildman–Crippen LogP) is 4.18. The molecule has 3 nitrogen and oxygen atoms in total. The monoisotopic (exact) mass is 305 g/mol. The van der Waals surface area contributed by atoms with Crippen LogP contribution >= 0.6 is 11.6 Å². The van der Waals surface area contributed by atoms with Crippen molar-refractivity contribution in [2.45, 2.75) is 32.1 Å². The van der Waals surface area contributed by atoms with Gasteiger partial charge in [0.15, 0.2) is 0 Å². The van der Waals surface area contributed by atoms with Gasteiger partial charge in [-0.1, -0.05) is 37.1 Å². The number of amides is 1. The van der Waals surface area contributed by atoms with Crippen LogP contribution in [0.15, 0.2) is 47.1 Å². The van der Waals surface area contributed by atoms with Crippen molar-refractivity contribution >= 4 is 17.5 Å². The molecule has 0 radical (unpaired) electrons. The number of halogens is 1. The summed E-state index contributed by atoms with van der Waals surface area (Å²) < 4.78 is 5.38. The summed E-state index contributed by atoms with van der Waals surface area (Å²) >= 11 is 5.92. The molecule has 21 heavy (non-hydrogen) atoms. The maximum Gasteiger partial charge on any atom is 0.228 e. The molecule has 0 spiro atoms. The third-order valence-corrected chi connectivity index (χ3v) is 3.66. The smallest absolute Gasteiger partial charge is 0.228 e. The summed E-state index contributed by atoms with van der Waals surface area (Å²) in [5, 5.41) is 3.66. The van der Waals surface area contributed by atoms with Gasteiger partial charge in [0, 0.05) is 18.0 Å². The number of carbonyl (C=O) groups excluding carboxylic acids is 1. The molecule has 0 aliphatic rings. The molecule has 1 atom stereocenters. The highest BCUT2D eigenvalue weighted by atomic mass is 35.5. The molecule has 1 amide bonds. The third-order valence-electron chi connectivity index (χ3n) is 3.40. The minimum Gasteiger partial charge on any atom is -0.469 e.